The number of alkyl halides is 2. The third kappa shape index (κ3) is 4.97. The Balaban J connectivity index is 1.28. The standard InChI is InChI=1S/C19H21F2N7O10P2/c20-10-8-4-34-40(31,32)38-14-11(21)7(35-18(14)28-6-25-12-15(22)23-5-24-16(12)28)3-33-39-37-13(10)17(36-8)27-2-1-9(29)26-19(27)30/h1-2,5-8,10-11,13-14,17-18,39H,3-4H2,(H,31,32)(H2,22,23,24)(H,26,29,30)/t7-,8-,10-,11-,13-,14-,17-,18-/m1/s1. The van der Waals surface area contributed by atoms with Crippen LogP contribution in [0.1, 0.15) is 12.5 Å². The van der Waals surface area contributed by atoms with Crippen molar-refractivity contribution < 1.29 is 45.8 Å². The third-order valence-corrected chi connectivity index (χ3v) is 8.10. The van der Waals surface area contributed by atoms with Crippen molar-refractivity contribution in [2.45, 2.75) is 49.2 Å². The van der Waals surface area contributed by atoms with Crippen molar-refractivity contribution in [2.75, 3.05) is 18.9 Å². The highest BCUT2D eigenvalue weighted by Gasteiger charge is 2.53. The minimum atomic E-state index is -5.08. The Hall–Kier alpha value is -2.73. The van der Waals surface area contributed by atoms with Crippen molar-refractivity contribution in [3.63, 3.8) is 0 Å². The van der Waals surface area contributed by atoms with E-state index >= 15 is 8.78 Å². The molecule has 216 valence electrons. The van der Waals surface area contributed by atoms with E-state index in [9.17, 15) is 19.0 Å². The van der Waals surface area contributed by atoms with E-state index in [1.165, 1.54) is 10.9 Å². The number of nitrogens with zero attached hydrogens (tertiary/aromatic N) is 5. The lowest BCUT2D eigenvalue weighted by atomic mass is 10.1. The summed E-state index contributed by atoms with van der Waals surface area (Å²) < 4.78 is 78.4. The third-order valence-electron chi connectivity index (χ3n) is 6.46. The van der Waals surface area contributed by atoms with E-state index in [-0.39, 0.29) is 17.0 Å². The number of phosphoric ester groups is 1. The number of fused-ring (bicyclic) bond motifs is 5. The number of ether oxygens (including phenoxy) is 2. The molecule has 0 aromatic carbocycles. The summed E-state index contributed by atoms with van der Waals surface area (Å²) in [6, 6.07) is 1.02. The number of H-pyrrole nitrogens is 1. The van der Waals surface area contributed by atoms with Crippen molar-refractivity contribution in [1.82, 2.24) is 29.1 Å². The lowest BCUT2D eigenvalue weighted by Crippen LogP contribution is -2.37. The Bertz CT molecular complexity index is 1570. The highest BCUT2D eigenvalue weighted by Crippen LogP contribution is 2.51. The summed E-state index contributed by atoms with van der Waals surface area (Å²) in [5.41, 5.74) is 4.54. The molecule has 4 N–H and O–H groups in total. The molecule has 3 aliphatic rings. The number of aromatic amines is 1. The number of imidazole rings is 1. The van der Waals surface area contributed by atoms with Gasteiger partial charge in [-0.3, -0.25) is 28.0 Å². The van der Waals surface area contributed by atoms with E-state index in [4.69, 9.17) is 33.3 Å². The summed E-state index contributed by atoms with van der Waals surface area (Å²) >= 11 is 0. The van der Waals surface area contributed by atoms with E-state index in [0.29, 0.717) is 0 Å². The van der Waals surface area contributed by atoms with Crippen molar-refractivity contribution in [1.29, 1.82) is 0 Å². The Morgan fingerprint density at radius 2 is 1.80 bits per heavy atom. The first-order valence-corrected chi connectivity index (χ1v) is 14.0. The number of rotatable bonds is 2. The van der Waals surface area contributed by atoms with Crippen LogP contribution < -0.4 is 17.0 Å². The largest absolute Gasteiger partial charge is 0.472 e. The molecule has 6 heterocycles. The van der Waals surface area contributed by atoms with Crippen LogP contribution in [-0.4, -0.2) is 83.9 Å². The molecule has 0 aliphatic carbocycles. The Morgan fingerprint density at radius 1 is 1.07 bits per heavy atom. The van der Waals surface area contributed by atoms with Crippen molar-refractivity contribution in [3.05, 3.63) is 45.8 Å². The summed E-state index contributed by atoms with van der Waals surface area (Å²) in [7, 11) is -5.94. The van der Waals surface area contributed by atoms with E-state index < -0.39 is 90.5 Å². The molecule has 0 amide bonds. The topological polar surface area (TPSA) is 217 Å². The molecule has 3 fully saturated rings. The number of halogens is 2. The number of hydrogen-bond acceptors (Lipinski definition) is 13. The lowest BCUT2D eigenvalue weighted by Gasteiger charge is -2.24. The first kappa shape index (κ1) is 27.4. The smallest absolute Gasteiger partial charge is 0.382 e. The van der Waals surface area contributed by atoms with Gasteiger partial charge in [-0.25, -0.2) is 33.1 Å². The van der Waals surface area contributed by atoms with Gasteiger partial charge in [-0.05, 0) is 0 Å². The molecule has 21 heteroatoms. The number of nitrogens with one attached hydrogen (secondary N) is 1. The fourth-order valence-corrected chi connectivity index (χ4v) is 6.17. The average molecular weight is 607 g/mol. The SMILES string of the molecule is Nc1ncnc2c1ncn2[C@@H]1O[C@@H]2COPO[C@@H]3[C@H](F)[C@@H](COP(=O)(O)O[C@@H]1[C@@H]2F)O[C@H]3n1ccc(=O)[nH]c1=O. The number of nitrogen functional groups attached to an aromatic ring is 1. The van der Waals surface area contributed by atoms with Crippen LogP contribution >= 0.6 is 16.9 Å². The lowest BCUT2D eigenvalue weighted by molar-refractivity contribution is -0.0629. The summed E-state index contributed by atoms with van der Waals surface area (Å²) in [4.78, 5) is 48.2. The minimum Gasteiger partial charge on any atom is -0.382 e. The summed E-state index contributed by atoms with van der Waals surface area (Å²) in [6.07, 6.45) is -9.33. The van der Waals surface area contributed by atoms with Crippen molar-refractivity contribution >= 4 is 33.8 Å². The second-order valence-corrected chi connectivity index (χ2v) is 11.0. The molecule has 0 spiro atoms. The van der Waals surface area contributed by atoms with Gasteiger partial charge in [0.05, 0.1) is 19.5 Å². The van der Waals surface area contributed by atoms with E-state index in [1.54, 1.807) is 0 Å². The van der Waals surface area contributed by atoms with Gasteiger partial charge in [0.2, 0.25) is 0 Å². The van der Waals surface area contributed by atoms with Crippen LogP contribution in [0.2, 0.25) is 0 Å². The first-order valence-electron chi connectivity index (χ1n) is 11.6. The van der Waals surface area contributed by atoms with Crippen LogP contribution in [0.4, 0.5) is 14.6 Å². The van der Waals surface area contributed by atoms with Gasteiger partial charge >= 0.3 is 13.5 Å². The molecule has 3 aromatic rings. The van der Waals surface area contributed by atoms with Gasteiger partial charge in [0.25, 0.3) is 5.56 Å². The normalized spacial score (nSPS) is 37.6. The number of phosphoric acid groups is 1. The Kier molecular flexibility index (Phi) is 7.27. The molecule has 17 nitrogen and oxygen atoms in total. The maximum atomic E-state index is 15.6. The van der Waals surface area contributed by atoms with Crippen LogP contribution in [0.3, 0.4) is 0 Å². The molecule has 40 heavy (non-hydrogen) atoms. The van der Waals surface area contributed by atoms with Gasteiger partial charge < -0.3 is 29.1 Å². The monoisotopic (exact) mass is 607 g/mol. The molecule has 10 atom stereocenters. The summed E-state index contributed by atoms with van der Waals surface area (Å²) in [5.74, 6) is 0.0436. The fraction of sp³-hybridized carbons (Fsp3) is 0.526. The van der Waals surface area contributed by atoms with E-state index in [0.717, 1.165) is 23.2 Å². The van der Waals surface area contributed by atoms with Gasteiger partial charge in [0.15, 0.2) is 45.3 Å². The van der Waals surface area contributed by atoms with Crippen LogP contribution in [0, 0.1) is 0 Å². The predicted molar refractivity (Wildman–Crippen MR) is 128 cm³/mol. The zero-order valence-corrected chi connectivity index (χ0v) is 21.9. The number of nitrogens with two attached hydrogens (primary N) is 1. The summed E-state index contributed by atoms with van der Waals surface area (Å²) in [5, 5.41) is 0. The second kappa shape index (κ2) is 10.6. The van der Waals surface area contributed by atoms with Crippen LogP contribution in [-0.2, 0) is 32.1 Å². The zero-order valence-electron chi connectivity index (χ0n) is 20.0. The maximum absolute atomic E-state index is 15.6. The van der Waals surface area contributed by atoms with E-state index in [2.05, 4.69) is 15.0 Å². The molecular formula is C19H21F2N7O10P2. The number of hydrogen-bond donors (Lipinski definition) is 3. The van der Waals surface area contributed by atoms with Crippen molar-refractivity contribution in [2.24, 2.45) is 0 Å². The van der Waals surface area contributed by atoms with Crippen LogP contribution in [0.25, 0.3) is 11.2 Å². The van der Waals surface area contributed by atoms with Crippen molar-refractivity contribution in [3.8, 4) is 0 Å². The zero-order chi connectivity index (χ0) is 28.2. The molecule has 0 saturated carbocycles. The first-order chi connectivity index (χ1) is 19.1. The van der Waals surface area contributed by atoms with Gasteiger partial charge in [0, 0.05) is 12.3 Å². The van der Waals surface area contributed by atoms with Gasteiger partial charge in [-0.15, -0.1) is 0 Å². The molecule has 3 saturated heterocycles. The fourth-order valence-electron chi connectivity index (χ4n) is 4.59. The van der Waals surface area contributed by atoms with E-state index in [1.807, 2.05) is 4.98 Å². The highest BCUT2D eigenvalue weighted by molar-refractivity contribution is 7.47. The maximum Gasteiger partial charge on any atom is 0.472 e. The van der Waals surface area contributed by atoms with Crippen LogP contribution in [0.15, 0.2) is 34.5 Å². The molecule has 4 bridgehead atoms. The Labute approximate surface area is 223 Å². The highest BCUT2D eigenvalue weighted by atomic mass is 31.2. The number of aromatic nitrogens is 6. The predicted octanol–water partition coefficient (Wildman–Crippen LogP) is -0.144. The molecule has 6 rings (SSSR count). The van der Waals surface area contributed by atoms with Crippen LogP contribution in [0.5, 0.6) is 0 Å². The quantitative estimate of drug-likeness (QED) is 0.323. The molecular weight excluding hydrogens is 586 g/mol. The van der Waals surface area contributed by atoms with Gasteiger partial charge in [-0.1, -0.05) is 0 Å². The Morgan fingerprint density at radius 3 is 2.58 bits per heavy atom. The molecule has 3 aliphatic heterocycles. The molecule has 3 aromatic heterocycles. The minimum absolute atomic E-state index is 0.0436. The van der Waals surface area contributed by atoms with Gasteiger partial charge in [0.1, 0.15) is 36.3 Å². The average Bonchev–Trinajstić information content (AvgIpc) is 3.55. The molecule has 0 radical (unpaired) electrons. The molecule has 2 unspecified atom stereocenters. The number of anilines is 1. The summed E-state index contributed by atoms with van der Waals surface area (Å²) in [6.45, 7) is -1.28. The van der Waals surface area contributed by atoms with Gasteiger partial charge in [-0.2, -0.15) is 0 Å². The second-order valence-electron chi connectivity index (χ2n) is 8.93.